The number of aryl methyl sites for hydroxylation is 1. The van der Waals surface area contributed by atoms with E-state index >= 15 is 0 Å². The molecule has 1 rings (SSSR count). The molecule has 0 aromatic heterocycles. The van der Waals surface area contributed by atoms with E-state index in [0.29, 0.717) is 6.42 Å². The Morgan fingerprint density at radius 3 is 2.33 bits per heavy atom. The summed E-state index contributed by atoms with van der Waals surface area (Å²) in [5.74, 6) is 0.0102. The summed E-state index contributed by atoms with van der Waals surface area (Å²) >= 11 is 0. The number of unbranched alkanes of at least 4 members (excludes halogenated alkanes) is 4. The highest BCUT2D eigenvalue weighted by Gasteiger charge is 2.01. The quantitative estimate of drug-likeness (QED) is 0.407. The molecule has 0 unspecified atom stereocenters. The van der Waals surface area contributed by atoms with Crippen molar-refractivity contribution in [3.05, 3.63) is 35.4 Å². The molecule has 0 atom stereocenters. The van der Waals surface area contributed by atoms with Crippen LogP contribution in [-0.2, 0) is 11.2 Å². The summed E-state index contributed by atoms with van der Waals surface area (Å²) in [7, 11) is 0. The smallest absolute Gasteiger partial charge is 0.240 e. The zero-order valence-corrected chi connectivity index (χ0v) is 13.6. The van der Waals surface area contributed by atoms with E-state index in [1.165, 1.54) is 24.8 Å². The van der Waals surface area contributed by atoms with E-state index in [9.17, 15) is 4.79 Å². The van der Waals surface area contributed by atoms with Crippen molar-refractivity contribution >= 4 is 11.6 Å². The Balaban J connectivity index is 2.34. The van der Waals surface area contributed by atoms with Gasteiger partial charge in [-0.1, -0.05) is 63.8 Å². The Labute approximate surface area is 128 Å². The van der Waals surface area contributed by atoms with Gasteiger partial charge in [0.05, 0.1) is 5.71 Å². The minimum absolute atomic E-state index is 0.0102. The first-order valence-corrected chi connectivity index (χ1v) is 8.09. The number of nitrogens with zero attached hydrogens (tertiary/aromatic N) is 1. The van der Waals surface area contributed by atoms with E-state index in [1.807, 2.05) is 6.92 Å². The highest BCUT2D eigenvalue weighted by atomic mass is 16.2. The maximum absolute atomic E-state index is 11.7. The second-order valence-corrected chi connectivity index (χ2v) is 5.45. The Morgan fingerprint density at radius 1 is 1.05 bits per heavy atom. The molecule has 0 fully saturated rings. The largest absolute Gasteiger partial charge is 0.273 e. The molecule has 0 spiro atoms. The third-order valence-corrected chi connectivity index (χ3v) is 3.64. The Kier molecular flexibility index (Phi) is 8.41. The number of hydrazone groups is 1. The van der Waals surface area contributed by atoms with Gasteiger partial charge in [-0.05, 0) is 30.9 Å². The average Bonchev–Trinajstić information content (AvgIpc) is 2.52. The molecule has 1 aromatic rings. The van der Waals surface area contributed by atoms with Crippen molar-refractivity contribution in [2.45, 2.75) is 65.7 Å². The molecule has 0 aliphatic heterocycles. The van der Waals surface area contributed by atoms with Gasteiger partial charge in [-0.15, -0.1) is 0 Å². The van der Waals surface area contributed by atoms with Gasteiger partial charge < -0.3 is 0 Å². The maximum atomic E-state index is 11.7. The molecule has 21 heavy (non-hydrogen) atoms. The third-order valence-electron chi connectivity index (χ3n) is 3.64. The number of amides is 1. The second kappa shape index (κ2) is 10.1. The first-order chi connectivity index (χ1) is 10.2. The van der Waals surface area contributed by atoms with Crippen LogP contribution in [-0.4, -0.2) is 11.6 Å². The number of carbonyl (C=O) groups excluding carboxylic acids is 1. The van der Waals surface area contributed by atoms with Crippen molar-refractivity contribution in [2.75, 3.05) is 0 Å². The van der Waals surface area contributed by atoms with Gasteiger partial charge in [-0.25, -0.2) is 5.43 Å². The van der Waals surface area contributed by atoms with E-state index in [1.54, 1.807) is 0 Å². The molecule has 1 aromatic carbocycles. The lowest BCUT2D eigenvalue weighted by Crippen LogP contribution is -2.18. The summed E-state index contributed by atoms with van der Waals surface area (Å²) in [5, 5.41) is 4.18. The van der Waals surface area contributed by atoms with Crippen LogP contribution in [0.15, 0.2) is 29.4 Å². The number of hydrogen-bond donors (Lipinski definition) is 1. The topological polar surface area (TPSA) is 41.5 Å². The molecular weight excluding hydrogens is 260 g/mol. The summed E-state index contributed by atoms with van der Waals surface area (Å²) in [4.78, 5) is 11.7. The van der Waals surface area contributed by atoms with Crippen LogP contribution in [0.25, 0.3) is 0 Å². The fourth-order valence-electron chi connectivity index (χ4n) is 2.14. The predicted molar refractivity (Wildman–Crippen MR) is 89.5 cm³/mol. The highest BCUT2D eigenvalue weighted by Crippen LogP contribution is 2.07. The van der Waals surface area contributed by atoms with Gasteiger partial charge >= 0.3 is 0 Å². The fraction of sp³-hybridized carbons (Fsp3) is 0.556. The lowest BCUT2D eigenvalue weighted by molar-refractivity contribution is -0.121. The number of nitrogens with one attached hydrogen (secondary N) is 1. The number of carbonyl (C=O) groups is 1. The van der Waals surface area contributed by atoms with E-state index in [-0.39, 0.29) is 5.91 Å². The summed E-state index contributed by atoms with van der Waals surface area (Å²) in [6.07, 6.45) is 7.38. The fourth-order valence-corrected chi connectivity index (χ4v) is 2.14. The van der Waals surface area contributed by atoms with Gasteiger partial charge in [0, 0.05) is 6.42 Å². The van der Waals surface area contributed by atoms with Gasteiger partial charge in [-0.2, -0.15) is 5.10 Å². The molecule has 0 saturated heterocycles. The first kappa shape index (κ1) is 17.4. The predicted octanol–water partition coefficient (Wildman–Crippen LogP) is 4.45. The number of rotatable bonds is 9. The monoisotopic (exact) mass is 288 g/mol. The zero-order valence-electron chi connectivity index (χ0n) is 13.6. The SMILES string of the molecule is CCCCCCCC(=O)NN=C(C)c1ccc(CC)cc1. The van der Waals surface area contributed by atoms with Crippen molar-refractivity contribution in [1.29, 1.82) is 0 Å². The van der Waals surface area contributed by atoms with Gasteiger partial charge in [-0.3, -0.25) is 4.79 Å². The van der Waals surface area contributed by atoms with Crippen molar-refractivity contribution in [2.24, 2.45) is 5.10 Å². The van der Waals surface area contributed by atoms with Gasteiger partial charge in [0.2, 0.25) is 5.91 Å². The third kappa shape index (κ3) is 7.07. The first-order valence-electron chi connectivity index (χ1n) is 8.09. The van der Waals surface area contributed by atoms with Crippen molar-refractivity contribution in [1.82, 2.24) is 5.43 Å². The van der Waals surface area contributed by atoms with E-state index in [2.05, 4.69) is 48.6 Å². The molecule has 1 N–H and O–H groups in total. The van der Waals surface area contributed by atoms with Crippen LogP contribution in [0, 0.1) is 0 Å². The normalized spacial score (nSPS) is 11.5. The van der Waals surface area contributed by atoms with Crippen LogP contribution in [0.5, 0.6) is 0 Å². The van der Waals surface area contributed by atoms with Crippen LogP contribution >= 0.6 is 0 Å². The van der Waals surface area contributed by atoms with E-state index in [0.717, 1.165) is 30.5 Å². The van der Waals surface area contributed by atoms with Crippen LogP contribution < -0.4 is 5.43 Å². The van der Waals surface area contributed by atoms with Crippen LogP contribution in [0.1, 0.15) is 70.4 Å². The van der Waals surface area contributed by atoms with Gasteiger partial charge in [0.25, 0.3) is 0 Å². The standard InChI is InChI=1S/C18H28N2O/c1-4-6-7-8-9-10-18(21)20-19-15(3)17-13-11-16(5-2)12-14-17/h11-14H,4-10H2,1-3H3,(H,20,21). The molecule has 0 saturated carbocycles. The lowest BCUT2D eigenvalue weighted by atomic mass is 10.1. The molecule has 3 heteroatoms. The average molecular weight is 288 g/mol. The molecule has 0 bridgehead atoms. The van der Waals surface area contributed by atoms with Crippen molar-refractivity contribution in [3.63, 3.8) is 0 Å². The highest BCUT2D eigenvalue weighted by molar-refractivity contribution is 5.99. The lowest BCUT2D eigenvalue weighted by Gasteiger charge is -2.04. The van der Waals surface area contributed by atoms with E-state index < -0.39 is 0 Å². The van der Waals surface area contributed by atoms with Crippen LogP contribution in [0.4, 0.5) is 0 Å². The summed E-state index contributed by atoms with van der Waals surface area (Å²) < 4.78 is 0. The molecule has 3 nitrogen and oxygen atoms in total. The molecule has 1 amide bonds. The molecule has 0 heterocycles. The van der Waals surface area contributed by atoms with Crippen molar-refractivity contribution < 1.29 is 4.79 Å². The van der Waals surface area contributed by atoms with Crippen LogP contribution in [0.2, 0.25) is 0 Å². The summed E-state index contributed by atoms with van der Waals surface area (Å²) in [6.45, 7) is 6.25. The minimum atomic E-state index is 0.0102. The van der Waals surface area contributed by atoms with E-state index in [4.69, 9.17) is 0 Å². The molecule has 0 radical (unpaired) electrons. The van der Waals surface area contributed by atoms with Gasteiger partial charge in [0.1, 0.15) is 0 Å². The molecule has 116 valence electrons. The van der Waals surface area contributed by atoms with Crippen LogP contribution in [0.3, 0.4) is 0 Å². The summed E-state index contributed by atoms with van der Waals surface area (Å²) in [6, 6.07) is 8.30. The van der Waals surface area contributed by atoms with Gasteiger partial charge in [0.15, 0.2) is 0 Å². The molecule has 0 aliphatic carbocycles. The minimum Gasteiger partial charge on any atom is -0.273 e. The number of hydrogen-bond acceptors (Lipinski definition) is 2. The summed E-state index contributed by atoms with van der Waals surface area (Å²) in [5.41, 5.74) is 5.85. The molecule has 0 aliphatic rings. The van der Waals surface area contributed by atoms with Crippen molar-refractivity contribution in [3.8, 4) is 0 Å². The zero-order chi connectivity index (χ0) is 15.5. The number of benzene rings is 1. The Bertz CT molecular complexity index is 449. The second-order valence-electron chi connectivity index (χ2n) is 5.45. The molecular formula is C18H28N2O. The maximum Gasteiger partial charge on any atom is 0.240 e. The Morgan fingerprint density at radius 2 is 1.71 bits per heavy atom. The Hall–Kier alpha value is -1.64.